The molecule has 2 aromatic rings. The Morgan fingerprint density at radius 2 is 1.75 bits per heavy atom. The van der Waals surface area contributed by atoms with E-state index in [2.05, 4.69) is 5.32 Å². The van der Waals surface area contributed by atoms with Gasteiger partial charge in [0, 0.05) is 18.5 Å². The molecule has 0 heterocycles. The molecule has 2 amide bonds. The molecule has 0 aliphatic carbocycles. The average Bonchev–Trinajstić information content (AvgIpc) is 2.73. The number of carbonyl (C=O) groups is 2. The van der Waals surface area contributed by atoms with Gasteiger partial charge in [0.25, 0.3) is 0 Å². The van der Waals surface area contributed by atoms with Crippen LogP contribution in [0.25, 0.3) is 0 Å². The number of carbonyl (C=O) groups excluding carboxylic acids is 2. The predicted octanol–water partition coefficient (Wildman–Crippen LogP) is 5.87. The van der Waals surface area contributed by atoms with E-state index in [4.69, 9.17) is 27.9 Å². The number of hydrogen-bond acceptors (Lipinski definition) is 3. The maximum absolute atomic E-state index is 13.2. The molecule has 1 N–H and O–H groups in total. The molecule has 0 saturated carbocycles. The number of hydrogen-bond donors (Lipinski definition) is 1. The fraction of sp³-hybridized carbons (Fsp3) is 0.440. The van der Waals surface area contributed by atoms with Gasteiger partial charge in [-0.15, -0.1) is 0 Å². The molecule has 0 saturated heterocycles. The lowest BCUT2D eigenvalue weighted by Crippen LogP contribution is -2.53. The first-order chi connectivity index (χ1) is 15.1. The highest BCUT2D eigenvalue weighted by atomic mass is 35.5. The fourth-order valence-electron chi connectivity index (χ4n) is 3.28. The number of ether oxygens (including phenoxy) is 1. The van der Waals surface area contributed by atoms with Crippen molar-refractivity contribution in [3.8, 4) is 5.75 Å². The van der Waals surface area contributed by atoms with Gasteiger partial charge < -0.3 is 15.0 Å². The van der Waals surface area contributed by atoms with E-state index < -0.39 is 11.6 Å². The second-order valence-electron chi connectivity index (χ2n) is 8.70. The minimum absolute atomic E-state index is 0.108. The molecule has 174 valence electrons. The molecule has 0 fully saturated rings. The van der Waals surface area contributed by atoms with Gasteiger partial charge in [-0.2, -0.15) is 0 Å². The second-order valence-corrected chi connectivity index (χ2v) is 9.51. The van der Waals surface area contributed by atoms with Crippen LogP contribution in [0.1, 0.15) is 52.5 Å². The number of rotatable bonds is 10. The quantitative estimate of drug-likeness (QED) is 0.434. The van der Waals surface area contributed by atoms with Gasteiger partial charge in [0.1, 0.15) is 11.8 Å². The summed E-state index contributed by atoms with van der Waals surface area (Å²) in [5, 5.41) is 3.86. The lowest BCUT2D eigenvalue weighted by atomic mass is 10.0. The third-order valence-electron chi connectivity index (χ3n) is 4.77. The Morgan fingerprint density at radius 1 is 1.06 bits per heavy atom. The highest BCUT2D eigenvalue weighted by Gasteiger charge is 2.30. The second kappa shape index (κ2) is 12.1. The maximum Gasteiger partial charge on any atom is 0.243 e. The molecule has 0 aliphatic rings. The summed E-state index contributed by atoms with van der Waals surface area (Å²) < 4.78 is 5.70. The smallest absolute Gasteiger partial charge is 0.243 e. The van der Waals surface area contributed by atoms with Crippen molar-refractivity contribution in [3.63, 3.8) is 0 Å². The average molecular weight is 479 g/mol. The van der Waals surface area contributed by atoms with Crippen LogP contribution in [0.5, 0.6) is 5.75 Å². The number of nitrogens with zero attached hydrogens (tertiary/aromatic N) is 1. The molecule has 0 bridgehead atoms. The SMILES string of the molecule is CCC(C(=O)NC(C)(C)C)N(Cc1ccc(Cl)c(Cl)c1)C(=O)CCCOc1ccccc1. The highest BCUT2D eigenvalue weighted by Crippen LogP contribution is 2.24. The first kappa shape index (κ1) is 26.0. The van der Waals surface area contributed by atoms with E-state index in [0.29, 0.717) is 29.5 Å². The number of amides is 2. The summed E-state index contributed by atoms with van der Waals surface area (Å²) in [6.07, 6.45) is 1.31. The first-order valence-corrected chi connectivity index (χ1v) is 11.6. The standard InChI is InChI=1S/C25H32Cl2N2O3/c1-5-22(24(31)28-25(2,3)4)29(17-18-13-14-20(26)21(27)16-18)23(30)12-9-15-32-19-10-7-6-8-11-19/h6-8,10-11,13-14,16,22H,5,9,12,15,17H2,1-4H3,(H,28,31). The lowest BCUT2D eigenvalue weighted by Gasteiger charge is -2.33. The van der Waals surface area contributed by atoms with Gasteiger partial charge >= 0.3 is 0 Å². The van der Waals surface area contributed by atoms with E-state index in [1.54, 1.807) is 17.0 Å². The summed E-state index contributed by atoms with van der Waals surface area (Å²) in [5.74, 6) is 0.487. The summed E-state index contributed by atoms with van der Waals surface area (Å²) in [7, 11) is 0. The monoisotopic (exact) mass is 478 g/mol. The summed E-state index contributed by atoms with van der Waals surface area (Å²) in [4.78, 5) is 27.8. The van der Waals surface area contributed by atoms with Crippen LogP contribution in [-0.2, 0) is 16.1 Å². The molecule has 5 nitrogen and oxygen atoms in total. The third-order valence-corrected chi connectivity index (χ3v) is 5.51. The molecule has 2 aromatic carbocycles. The Bertz CT molecular complexity index is 898. The predicted molar refractivity (Wildman–Crippen MR) is 130 cm³/mol. The van der Waals surface area contributed by atoms with Crippen molar-refractivity contribution in [3.05, 3.63) is 64.1 Å². The van der Waals surface area contributed by atoms with E-state index in [1.807, 2.05) is 64.1 Å². The van der Waals surface area contributed by atoms with Crippen molar-refractivity contribution in [2.75, 3.05) is 6.61 Å². The van der Waals surface area contributed by atoms with Crippen molar-refractivity contribution < 1.29 is 14.3 Å². The van der Waals surface area contributed by atoms with Crippen molar-refractivity contribution in [1.29, 1.82) is 0 Å². The Hall–Kier alpha value is -2.24. The van der Waals surface area contributed by atoms with E-state index in [1.165, 1.54) is 0 Å². The lowest BCUT2D eigenvalue weighted by molar-refractivity contribution is -0.142. The van der Waals surface area contributed by atoms with E-state index in [0.717, 1.165) is 11.3 Å². The van der Waals surface area contributed by atoms with Gasteiger partial charge in [-0.25, -0.2) is 0 Å². The van der Waals surface area contributed by atoms with Gasteiger partial charge in [0.2, 0.25) is 11.8 Å². The zero-order chi connectivity index (χ0) is 23.7. The van der Waals surface area contributed by atoms with Crippen molar-refractivity contribution in [2.45, 2.75) is 65.1 Å². The Morgan fingerprint density at radius 3 is 2.34 bits per heavy atom. The first-order valence-electron chi connectivity index (χ1n) is 10.8. The van der Waals surface area contributed by atoms with Crippen LogP contribution in [0.3, 0.4) is 0 Å². The van der Waals surface area contributed by atoms with Gasteiger partial charge in [-0.1, -0.05) is 54.4 Å². The van der Waals surface area contributed by atoms with Gasteiger partial charge in [-0.3, -0.25) is 9.59 Å². The summed E-state index contributed by atoms with van der Waals surface area (Å²) in [5.41, 5.74) is 0.419. The molecule has 7 heteroatoms. The van der Waals surface area contributed by atoms with Crippen LogP contribution in [0.15, 0.2) is 48.5 Å². The summed E-state index contributed by atoms with van der Waals surface area (Å²) in [6, 6.07) is 14.1. The minimum Gasteiger partial charge on any atom is -0.494 e. The zero-order valence-corrected chi connectivity index (χ0v) is 20.7. The molecule has 32 heavy (non-hydrogen) atoms. The molecular formula is C25H32Cl2N2O3. The zero-order valence-electron chi connectivity index (χ0n) is 19.2. The van der Waals surface area contributed by atoms with Crippen molar-refractivity contribution in [1.82, 2.24) is 10.2 Å². The maximum atomic E-state index is 13.2. The number of halogens is 2. The molecule has 0 spiro atoms. The van der Waals surface area contributed by atoms with E-state index in [-0.39, 0.29) is 24.8 Å². The normalized spacial score (nSPS) is 12.2. The van der Waals surface area contributed by atoms with Crippen LogP contribution < -0.4 is 10.1 Å². The molecule has 1 atom stereocenters. The molecule has 2 rings (SSSR count). The summed E-state index contributed by atoms with van der Waals surface area (Å²) >= 11 is 12.2. The van der Waals surface area contributed by atoms with E-state index >= 15 is 0 Å². The Balaban J connectivity index is 2.12. The van der Waals surface area contributed by atoms with Crippen LogP contribution in [0, 0.1) is 0 Å². The Labute approximate surface area is 201 Å². The Kier molecular flexibility index (Phi) is 9.85. The molecular weight excluding hydrogens is 447 g/mol. The molecule has 0 aromatic heterocycles. The van der Waals surface area contributed by atoms with Crippen LogP contribution in [0.2, 0.25) is 10.0 Å². The fourth-order valence-corrected chi connectivity index (χ4v) is 3.60. The van der Waals surface area contributed by atoms with E-state index in [9.17, 15) is 9.59 Å². The number of para-hydroxylation sites is 1. The van der Waals surface area contributed by atoms with Crippen LogP contribution >= 0.6 is 23.2 Å². The molecule has 1 unspecified atom stereocenters. The highest BCUT2D eigenvalue weighted by molar-refractivity contribution is 6.42. The van der Waals surface area contributed by atoms with Gasteiger partial charge in [-0.05, 0) is 63.4 Å². The van der Waals surface area contributed by atoms with Crippen LogP contribution in [0.4, 0.5) is 0 Å². The molecule has 0 aliphatic heterocycles. The third kappa shape index (κ3) is 8.36. The van der Waals surface area contributed by atoms with Gasteiger partial charge in [0.15, 0.2) is 0 Å². The van der Waals surface area contributed by atoms with Gasteiger partial charge in [0.05, 0.1) is 16.7 Å². The number of nitrogens with one attached hydrogen (secondary N) is 1. The largest absolute Gasteiger partial charge is 0.494 e. The van der Waals surface area contributed by atoms with Crippen LogP contribution in [-0.4, -0.2) is 34.9 Å². The van der Waals surface area contributed by atoms with Crippen molar-refractivity contribution >= 4 is 35.0 Å². The molecule has 0 radical (unpaired) electrons. The topological polar surface area (TPSA) is 58.6 Å². The number of benzene rings is 2. The summed E-state index contributed by atoms with van der Waals surface area (Å²) in [6.45, 7) is 8.35. The minimum atomic E-state index is -0.591. The van der Waals surface area contributed by atoms with Crippen molar-refractivity contribution in [2.24, 2.45) is 0 Å².